The summed E-state index contributed by atoms with van der Waals surface area (Å²) in [5.74, 6) is -0.304. The van der Waals surface area contributed by atoms with E-state index in [1.807, 2.05) is 20.8 Å². The van der Waals surface area contributed by atoms with Gasteiger partial charge in [-0.3, -0.25) is 19.7 Å². The number of urea groups is 1. The number of rotatable bonds is 22. The lowest BCUT2D eigenvalue weighted by Gasteiger charge is -2.27. The van der Waals surface area contributed by atoms with Gasteiger partial charge in [0.25, 0.3) is 0 Å². The van der Waals surface area contributed by atoms with Crippen LogP contribution in [0.1, 0.15) is 168 Å². The quantitative estimate of drug-likeness (QED) is 0.0714. The Balaban J connectivity index is 1.93. The molecule has 0 heterocycles. The van der Waals surface area contributed by atoms with Crippen LogP contribution in [0.2, 0.25) is 0 Å². The molecule has 0 radical (unpaired) electrons. The summed E-state index contributed by atoms with van der Waals surface area (Å²) in [4.78, 5) is 38.3. The minimum absolute atomic E-state index is 0.0128. The Bertz CT molecular complexity index is 662. The fourth-order valence-electron chi connectivity index (χ4n) is 5.60. The van der Waals surface area contributed by atoms with Crippen LogP contribution in [0, 0.1) is 5.41 Å². The molecule has 1 aliphatic rings. The largest absolute Gasteiger partial charge is 0.335 e. The van der Waals surface area contributed by atoms with E-state index in [1.54, 1.807) is 5.48 Å². The summed E-state index contributed by atoms with van der Waals surface area (Å²) in [5, 5.41) is 11.9. The number of unbranched alkanes of at least 4 members (excludes halogenated alkanes) is 14. The van der Waals surface area contributed by atoms with Gasteiger partial charge in [-0.1, -0.05) is 130 Å². The summed E-state index contributed by atoms with van der Waals surface area (Å²) in [6.07, 6.45) is 26.0. The van der Waals surface area contributed by atoms with Crippen molar-refractivity contribution in [2.45, 2.75) is 174 Å². The van der Waals surface area contributed by atoms with Crippen LogP contribution in [0.25, 0.3) is 0 Å². The lowest BCUT2D eigenvalue weighted by atomic mass is 9.86. The highest BCUT2D eigenvalue weighted by Crippen LogP contribution is 2.24. The third-order valence-electron chi connectivity index (χ3n) is 8.33. The van der Waals surface area contributed by atoms with Crippen LogP contribution in [0.15, 0.2) is 0 Å². The molecule has 4 amide bonds. The first-order chi connectivity index (χ1) is 18.8. The molecule has 0 saturated heterocycles. The van der Waals surface area contributed by atoms with E-state index in [0.717, 1.165) is 51.4 Å². The average molecular weight is 552 g/mol. The van der Waals surface area contributed by atoms with E-state index in [-0.39, 0.29) is 23.9 Å². The normalized spacial score (nSPS) is 14.3. The number of carbonyl (C=O) groups is 3. The predicted octanol–water partition coefficient (Wildman–Crippen LogP) is 8.43. The summed E-state index contributed by atoms with van der Waals surface area (Å²) in [6, 6.07) is 0.0583. The van der Waals surface area contributed by atoms with E-state index in [0.29, 0.717) is 13.0 Å². The molecule has 7 nitrogen and oxygen atoms in total. The zero-order valence-electron chi connectivity index (χ0n) is 25.7. The standard InChI is InChI=1S/C32H61N3O4/c1-4-27-35(31(38)33-28-23-19-18-20-24-28)29(36)25-21-16-14-12-10-8-6-5-7-9-11-13-15-17-22-26-32(2,3)30(37)34-39/h28,39H,4-27H2,1-3H3,(H,33,38)(H,34,37). The Morgan fingerprint density at radius 3 is 1.67 bits per heavy atom. The molecule has 0 aromatic heterocycles. The van der Waals surface area contributed by atoms with Gasteiger partial charge in [0.15, 0.2) is 0 Å². The van der Waals surface area contributed by atoms with Crippen LogP contribution in [0.4, 0.5) is 4.79 Å². The van der Waals surface area contributed by atoms with Crippen molar-refractivity contribution in [3.63, 3.8) is 0 Å². The zero-order valence-corrected chi connectivity index (χ0v) is 25.7. The molecule has 0 atom stereocenters. The second-order valence-electron chi connectivity index (χ2n) is 12.5. The van der Waals surface area contributed by atoms with Gasteiger partial charge < -0.3 is 5.32 Å². The molecule has 1 rings (SSSR count). The maximum Gasteiger partial charge on any atom is 0.324 e. The molecule has 0 unspecified atom stereocenters. The Morgan fingerprint density at radius 1 is 0.744 bits per heavy atom. The fourth-order valence-corrected chi connectivity index (χ4v) is 5.60. The third kappa shape index (κ3) is 16.9. The number of nitrogens with zero attached hydrogens (tertiary/aromatic N) is 1. The fraction of sp³-hybridized carbons (Fsp3) is 0.906. The first-order valence-electron chi connectivity index (χ1n) is 16.4. The number of hydrogen-bond acceptors (Lipinski definition) is 4. The summed E-state index contributed by atoms with van der Waals surface area (Å²) < 4.78 is 0. The highest BCUT2D eigenvalue weighted by Gasteiger charge is 2.26. The predicted molar refractivity (Wildman–Crippen MR) is 160 cm³/mol. The number of amides is 4. The van der Waals surface area contributed by atoms with Gasteiger partial charge >= 0.3 is 6.03 Å². The highest BCUT2D eigenvalue weighted by molar-refractivity contribution is 5.94. The lowest BCUT2D eigenvalue weighted by Crippen LogP contribution is -2.48. The van der Waals surface area contributed by atoms with E-state index in [1.165, 1.54) is 94.8 Å². The van der Waals surface area contributed by atoms with Crippen molar-refractivity contribution in [1.29, 1.82) is 0 Å². The average Bonchev–Trinajstić information content (AvgIpc) is 2.93. The number of nitrogens with one attached hydrogen (secondary N) is 2. The summed E-state index contributed by atoms with van der Waals surface area (Å²) in [5.41, 5.74) is 1.28. The van der Waals surface area contributed by atoms with Crippen molar-refractivity contribution < 1.29 is 19.6 Å². The van der Waals surface area contributed by atoms with E-state index in [4.69, 9.17) is 5.21 Å². The van der Waals surface area contributed by atoms with Crippen LogP contribution in [0.3, 0.4) is 0 Å². The van der Waals surface area contributed by atoms with E-state index < -0.39 is 5.41 Å². The molecular weight excluding hydrogens is 490 g/mol. The van der Waals surface area contributed by atoms with Gasteiger partial charge in [-0.2, -0.15) is 0 Å². The van der Waals surface area contributed by atoms with Crippen molar-refractivity contribution >= 4 is 17.8 Å². The first kappa shape index (κ1) is 35.4. The van der Waals surface area contributed by atoms with Crippen molar-refractivity contribution in [2.24, 2.45) is 5.41 Å². The maximum atomic E-state index is 12.7. The molecule has 1 fully saturated rings. The van der Waals surface area contributed by atoms with Gasteiger partial charge in [-0.15, -0.1) is 0 Å². The summed E-state index contributed by atoms with van der Waals surface area (Å²) in [6.45, 7) is 6.29. The van der Waals surface area contributed by atoms with Crippen LogP contribution in [-0.2, 0) is 9.59 Å². The Kier molecular flexibility index (Phi) is 20.1. The van der Waals surface area contributed by atoms with Crippen molar-refractivity contribution in [3.8, 4) is 0 Å². The minimum atomic E-state index is -0.489. The van der Waals surface area contributed by atoms with Gasteiger partial charge in [-0.25, -0.2) is 10.3 Å². The van der Waals surface area contributed by atoms with Crippen LogP contribution >= 0.6 is 0 Å². The molecule has 1 aliphatic carbocycles. The van der Waals surface area contributed by atoms with Crippen LogP contribution in [-0.4, -0.2) is 40.5 Å². The Morgan fingerprint density at radius 2 is 1.21 bits per heavy atom. The van der Waals surface area contributed by atoms with Crippen molar-refractivity contribution in [1.82, 2.24) is 15.7 Å². The summed E-state index contributed by atoms with van der Waals surface area (Å²) in [7, 11) is 0. The van der Waals surface area contributed by atoms with Crippen molar-refractivity contribution in [3.05, 3.63) is 0 Å². The molecule has 3 N–H and O–H groups in total. The molecule has 0 spiro atoms. The number of hydroxylamine groups is 1. The molecule has 39 heavy (non-hydrogen) atoms. The molecular formula is C32H61N3O4. The Labute approximate surface area is 239 Å². The second-order valence-corrected chi connectivity index (χ2v) is 12.5. The molecule has 1 saturated carbocycles. The van der Waals surface area contributed by atoms with Gasteiger partial charge in [0.1, 0.15) is 0 Å². The first-order valence-corrected chi connectivity index (χ1v) is 16.4. The smallest absolute Gasteiger partial charge is 0.324 e. The molecule has 0 bridgehead atoms. The van der Waals surface area contributed by atoms with E-state index in [2.05, 4.69) is 5.32 Å². The van der Waals surface area contributed by atoms with Crippen molar-refractivity contribution in [2.75, 3.05) is 6.54 Å². The minimum Gasteiger partial charge on any atom is -0.335 e. The summed E-state index contributed by atoms with van der Waals surface area (Å²) >= 11 is 0. The molecule has 0 aliphatic heterocycles. The SMILES string of the molecule is CCCN(C(=O)CCCCCCCCCCCCCCCCCC(C)(C)C(=O)NO)C(=O)NC1CCCCC1. The van der Waals surface area contributed by atoms with Gasteiger partial charge in [0.05, 0.1) is 0 Å². The number of imide groups is 1. The highest BCUT2D eigenvalue weighted by atomic mass is 16.5. The Hall–Kier alpha value is -1.63. The third-order valence-corrected chi connectivity index (χ3v) is 8.33. The molecule has 0 aromatic carbocycles. The van der Waals surface area contributed by atoms with Gasteiger partial charge in [0, 0.05) is 24.4 Å². The van der Waals surface area contributed by atoms with Crippen LogP contribution in [0.5, 0.6) is 0 Å². The van der Waals surface area contributed by atoms with Gasteiger partial charge in [0.2, 0.25) is 11.8 Å². The zero-order chi connectivity index (χ0) is 28.8. The molecule has 228 valence electrons. The topological polar surface area (TPSA) is 98.7 Å². The molecule has 7 heteroatoms. The van der Waals surface area contributed by atoms with E-state index in [9.17, 15) is 14.4 Å². The number of carbonyl (C=O) groups excluding carboxylic acids is 3. The maximum absolute atomic E-state index is 12.7. The van der Waals surface area contributed by atoms with Gasteiger partial charge in [-0.05, 0) is 32.1 Å². The lowest BCUT2D eigenvalue weighted by molar-refractivity contribution is -0.138. The monoisotopic (exact) mass is 551 g/mol. The molecule has 0 aromatic rings. The van der Waals surface area contributed by atoms with Crippen LogP contribution < -0.4 is 10.8 Å². The number of hydrogen-bond donors (Lipinski definition) is 3. The second kappa shape index (κ2) is 22.1. The van der Waals surface area contributed by atoms with E-state index >= 15 is 0 Å².